The highest BCUT2D eigenvalue weighted by Gasteiger charge is 2.24. The second-order valence-electron chi connectivity index (χ2n) is 3.22. The van der Waals surface area contributed by atoms with Gasteiger partial charge >= 0.3 is 5.97 Å². The number of Topliss-reactive ketones (excluding diaryl/α,β-unsaturated/α-hetero) is 1. The van der Waals surface area contributed by atoms with E-state index in [9.17, 15) is 9.59 Å². The van der Waals surface area contributed by atoms with Crippen molar-refractivity contribution in [1.29, 1.82) is 0 Å². The van der Waals surface area contributed by atoms with E-state index in [4.69, 9.17) is 0 Å². The van der Waals surface area contributed by atoms with Crippen LogP contribution in [-0.4, -0.2) is 28.1 Å². The number of aromatic nitrogens is 2. The molecule has 1 aromatic heterocycles. The summed E-state index contributed by atoms with van der Waals surface area (Å²) in [5, 5.41) is 4.06. The summed E-state index contributed by atoms with van der Waals surface area (Å²) < 4.78 is 6.22. The van der Waals surface area contributed by atoms with Crippen molar-refractivity contribution >= 4 is 11.8 Å². The second-order valence-corrected chi connectivity index (χ2v) is 3.22. The fourth-order valence-electron chi connectivity index (χ4n) is 1.40. The first kappa shape index (κ1) is 11.4. The summed E-state index contributed by atoms with van der Waals surface area (Å²) in [6.45, 7) is 5.29. The van der Waals surface area contributed by atoms with Gasteiger partial charge in [0.05, 0.1) is 17.9 Å². The van der Waals surface area contributed by atoms with E-state index in [0.29, 0.717) is 17.0 Å². The molecule has 0 aromatic carbocycles. The molecule has 1 aromatic rings. The molecule has 5 nitrogen and oxygen atoms in total. The molecule has 1 rings (SSSR count). The Morgan fingerprint density at radius 3 is 2.40 bits per heavy atom. The number of aryl methyl sites for hydroxylation is 2. The number of carbonyl (C=O) groups is 2. The summed E-state index contributed by atoms with van der Waals surface area (Å²) >= 11 is 0. The Morgan fingerprint density at radius 1 is 1.40 bits per heavy atom. The highest BCUT2D eigenvalue weighted by molar-refractivity contribution is 6.41. The molecule has 0 amide bonds. The Labute approximate surface area is 88.0 Å². The van der Waals surface area contributed by atoms with Crippen molar-refractivity contribution in [2.45, 2.75) is 20.8 Å². The summed E-state index contributed by atoms with van der Waals surface area (Å²) in [4.78, 5) is 22.9. The maximum atomic E-state index is 11.7. The van der Waals surface area contributed by atoms with Crippen LogP contribution in [0.2, 0.25) is 0 Å². The Hall–Kier alpha value is -1.65. The van der Waals surface area contributed by atoms with Crippen LogP contribution in [-0.2, 0) is 16.6 Å². The number of hydrogen-bond acceptors (Lipinski definition) is 4. The molecule has 82 valence electrons. The zero-order valence-electron chi connectivity index (χ0n) is 9.33. The van der Waals surface area contributed by atoms with Crippen LogP contribution in [0.3, 0.4) is 0 Å². The normalized spacial score (nSPS) is 10.1. The monoisotopic (exact) mass is 210 g/mol. The summed E-state index contributed by atoms with van der Waals surface area (Å²) in [5.74, 6) is -1.45. The van der Waals surface area contributed by atoms with Gasteiger partial charge in [0.25, 0.3) is 5.78 Å². The summed E-state index contributed by atoms with van der Waals surface area (Å²) in [6.07, 6.45) is 0. The van der Waals surface area contributed by atoms with Gasteiger partial charge in [-0.25, -0.2) is 4.79 Å². The van der Waals surface area contributed by atoms with Crippen molar-refractivity contribution in [2.75, 3.05) is 6.61 Å². The maximum absolute atomic E-state index is 11.7. The molecule has 0 saturated heterocycles. The molecule has 0 aliphatic carbocycles. The number of ketones is 1. The van der Waals surface area contributed by atoms with Gasteiger partial charge in [-0.05, 0) is 20.8 Å². The largest absolute Gasteiger partial charge is 0.460 e. The smallest absolute Gasteiger partial charge is 0.379 e. The van der Waals surface area contributed by atoms with Gasteiger partial charge in [-0.1, -0.05) is 0 Å². The number of esters is 1. The second kappa shape index (κ2) is 4.25. The van der Waals surface area contributed by atoms with Crippen molar-refractivity contribution in [2.24, 2.45) is 7.05 Å². The van der Waals surface area contributed by atoms with Gasteiger partial charge < -0.3 is 4.74 Å². The molecule has 0 N–H and O–H groups in total. The first-order valence-corrected chi connectivity index (χ1v) is 4.70. The highest BCUT2D eigenvalue weighted by atomic mass is 16.5. The van der Waals surface area contributed by atoms with Gasteiger partial charge in [0.1, 0.15) is 0 Å². The zero-order valence-corrected chi connectivity index (χ0v) is 9.33. The van der Waals surface area contributed by atoms with Crippen molar-refractivity contribution < 1.29 is 14.3 Å². The first-order valence-electron chi connectivity index (χ1n) is 4.70. The number of rotatable bonds is 3. The maximum Gasteiger partial charge on any atom is 0.379 e. The Balaban J connectivity index is 3.06. The van der Waals surface area contributed by atoms with E-state index in [1.807, 2.05) is 0 Å². The van der Waals surface area contributed by atoms with Crippen molar-refractivity contribution in [3.63, 3.8) is 0 Å². The van der Waals surface area contributed by atoms with E-state index >= 15 is 0 Å². The summed E-state index contributed by atoms with van der Waals surface area (Å²) in [6, 6.07) is 0. The van der Waals surface area contributed by atoms with Gasteiger partial charge in [-0.15, -0.1) is 0 Å². The lowest BCUT2D eigenvalue weighted by Gasteiger charge is -2.01. The highest BCUT2D eigenvalue weighted by Crippen LogP contribution is 2.13. The lowest BCUT2D eigenvalue weighted by atomic mass is 10.1. The standard InChI is InChI=1S/C10H14N2O3/c1-5-15-10(14)9(13)8-6(2)11-12(4)7(8)3/h5H2,1-4H3. The van der Waals surface area contributed by atoms with Gasteiger partial charge in [-0.3, -0.25) is 9.48 Å². The lowest BCUT2D eigenvalue weighted by molar-refractivity contribution is -0.137. The topological polar surface area (TPSA) is 61.2 Å². The van der Waals surface area contributed by atoms with Crippen LogP contribution < -0.4 is 0 Å². The third-order valence-electron chi connectivity index (χ3n) is 2.20. The Bertz CT molecular complexity index is 407. The Kier molecular flexibility index (Phi) is 3.24. The van der Waals surface area contributed by atoms with Crippen LogP contribution in [0.4, 0.5) is 0 Å². The van der Waals surface area contributed by atoms with Crippen molar-refractivity contribution in [3.8, 4) is 0 Å². The number of carbonyl (C=O) groups excluding carboxylic acids is 2. The number of nitrogens with zero attached hydrogens (tertiary/aromatic N) is 2. The molecular weight excluding hydrogens is 196 g/mol. The summed E-state index contributed by atoms with van der Waals surface area (Å²) in [7, 11) is 1.73. The van der Waals surface area contributed by atoms with Crippen molar-refractivity contribution in [1.82, 2.24) is 9.78 Å². The van der Waals surface area contributed by atoms with Crippen molar-refractivity contribution in [3.05, 3.63) is 17.0 Å². The van der Waals surface area contributed by atoms with Gasteiger partial charge in [0, 0.05) is 12.7 Å². The number of ether oxygens (including phenoxy) is 1. The van der Waals surface area contributed by atoms with E-state index in [2.05, 4.69) is 9.84 Å². The molecule has 0 unspecified atom stereocenters. The van der Waals surface area contributed by atoms with E-state index < -0.39 is 11.8 Å². The molecule has 0 atom stereocenters. The third-order valence-corrected chi connectivity index (χ3v) is 2.20. The fraction of sp³-hybridized carbons (Fsp3) is 0.500. The molecule has 15 heavy (non-hydrogen) atoms. The van der Waals surface area contributed by atoms with Gasteiger partial charge in [0.15, 0.2) is 0 Å². The van der Waals surface area contributed by atoms with Gasteiger partial charge in [-0.2, -0.15) is 5.10 Å². The molecule has 0 aliphatic rings. The molecule has 0 saturated carbocycles. The molecular formula is C10H14N2O3. The summed E-state index contributed by atoms with van der Waals surface area (Å²) in [5.41, 5.74) is 1.56. The van der Waals surface area contributed by atoms with Gasteiger partial charge in [0.2, 0.25) is 0 Å². The molecule has 0 aliphatic heterocycles. The van der Waals surface area contributed by atoms with Crippen LogP contribution >= 0.6 is 0 Å². The first-order chi connectivity index (χ1) is 6.99. The third kappa shape index (κ3) is 2.06. The predicted octanol–water partition coefficient (Wildman–Crippen LogP) is 0.783. The molecule has 1 heterocycles. The van der Waals surface area contributed by atoms with Crippen LogP contribution in [0, 0.1) is 13.8 Å². The minimum atomic E-state index is -0.822. The van der Waals surface area contributed by atoms with E-state index in [1.165, 1.54) is 0 Å². The molecule has 0 radical (unpaired) electrons. The molecule has 5 heteroatoms. The molecule has 0 spiro atoms. The van der Waals surface area contributed by atoms with E-state index in [-0.39, 0.29) is 6.61 Å². The predicted molar refractivity (Wildman–Crippen MR) is 53.6 cm³/mol. The average Bonchev–Trinajstić information content (AvgIpc) is 2.41. The zero-order chi connectivity index (χ0) is 11.6. The molecule has 0 bridgehead atoms. The molecule has 0 fully saturated rings. The van der Waals surface area contributed by atoms with E-state index in [0.717, 1.165) is 0 Å². The quantitative estimate of drug-likeness (QED) is 0.420. The van der Waals surface area contributed by atoms with Crippen LogP contribution in [0.1, 0.15) is 28.7 Å². The Morgan fingerprint density at radius 2 is 2.00 bits per heavy atom. The fourth-order valence-corrected chi connectivity index (χ4v) is 1.40. The van der Waals surface area contributed by atoms with E-state index in [1.54, 1.807) is 32.5 Å². The number of hydrogen-bond donors (Lipinski definition) is 0. The van der Waals surface area contributed by atoms with Crippen LogP contribution in [0.25, 0.3) is 0 Å². The average molecular weight is 210 g/mol. The minimum Gasteiger partial charge on any atom is -0.460 e. The lowest BCUT2D eigenvalue weighted by Crippen LogP contribution is -2.18. The minimum absolute atomic E-state index is 0.197. The van der Waals surface area contributed by atoms with Crippen LogP contribution in [0.15, 0.2) is 0 Å². The van der Waals surface area contributed by atoms with Crippen LogP contribution in [0.5, 0.6) is 0 Å². The SMILES string of the molecule is CCOC(=O)C(=O)c1c(C)nn(C)c1C.